The minimum absolute atomic E-state index is 0.136. The third kappa shape index (κ3) is 3.82. The van der Waals surface area contributed by atoms with E-state index in [2.05, 4.69) is 25.8 Å². The van der Waals surface area contributed by atoms with Crippen molar-refractivity contribution in [1.82, 2.24) is 20.5 Å². The fourth-order valence-corrected chi connectivity index (χ4v) is 4.56. The first-order chi connectivity index (χ1) is 14.1. The summed E-state index contributed by atoms with van der Waals surface area (Å²) in [6.45, 7) is 2.72. The van der Waals surface area contributed by atoms with Crippen LogP contribution in [0.4, 0.5) is 5.82 Å². The number of nitrogens with zero attached hydrogens (tertiary/aromatic N) is 3. The molecule has 2 atom stereocenters. The Morgan fingerprint density at radius 1 is 1.14 bits per heavy atom. The fraction of sp³-hybridized carbons (Fsp3) is 0.409. The second kappa shape index (κ2) is 7.48. The van der Waals surface area contributed by atoms with Gasteiger partial charge in [-0.3, -0.25) is 0 Å². The number of hydrogen-bond acceptors (Lipinski definition) is 7. The van der Waals surface area contributed by atoms with Crippen LogP contribution in [0.1, 0.15) is 31.6 Å². The number of aromatic nitrogens is 3. The molecule has 5 rings (SSSR count). The minimum atomic E-state index is 0.136. The van der Waals surface area contributed by atoms with Gasteiger partial charge in [0.2, 0.25) is 0 Å². The van der Waals surface area contributed by atoms with Crippen LogP contribution >= 0.6 is 0 Å². The molecule has 2 fully saturated rings. The number of aromatic hydroxyl groups is 1. The molecule has 2 aliphatic rings. The summed E-state index contributed by atoms with van der Waals surface area (Å²) in [6.07, 6.45) is 6.75. The molecule has 1 aromatic carbocycles. The van der Waals surface area contributed by atoms with Gasteiger partial charge in [0.1, 0.15) is 11.6 Å². The van der Waals surface area contributed by atoms with Gasteiger partial charge in [0.25, 0.3) is 0 Å². The second-order valence-electron chi connectivity index (χ2n) is 8.14. The lowest BCUT2D eigenvalue weighted by Gasteiger charge is -2.29. The number of piperidine rings is 1. The van der Waals surface area contributed by atoms with Gasteiger partial charge in [-0.2, -0.15) is 0 Å². The molecule has 0 spiro atoms. The lowest BCUT2D eigenvalue weighted by Crippen LogP contribution is -2.40. The third-order valence-corrected chi connectivity index (χ3v) is 5.99. The van der Waals surface area contributed by atoms with Crippen LogP contribution in [0.2, 0.25) is 0 Å². The third-order valence-electron chi connectivity index (χ3n) is 5.99. The fourth-order valence-electron chi connectivity index (χ4n) is 4.56. The Balaban J connectivity index is 1.25. The van der Waals surface area contributed by atoms with Gasteiger partial charge in [0.05, 0.1) is 11.9 Å². The number of oxazole rings is 1. The zero-order chi connectivity index (χ0) is 19.8. The average molecular weight is 391 g/mol. The van der Waals surface area contributed by atoms with Crippen LogP contribution in [0.25, 0.3) is 22.6 Å². The molecule has 2 unspecified atom stereocenters. The number of aryl methyl sites for hydroxylation is 1. The Hall–Kier alpha value is -2.93. The molecule has 0 amide bonds. The summed E-state index contributed by atoms with van der Waals surface area (Å²) >= 11 is 0. The quantitative estimate of drug-likeness (QED) is 0.609. The standard InChI is InChI=1S/C22H25N5O2/c1-13-23-12-21(29-13)15-2-5-18(20(28)10-15)19-6-7-22(27-26-19)24-11-14-8-16-3-4-17(9-14)25-16/h2,5-7,10,12,14,16-17,25,28H,3-4,8-9,11H2,1H3,(H,24,27). The van der Waals surface area contributed by atoms with Crippen LogP contribution in [0.5, 0.6) is 5.75 Å². The predicted molar refractivity (Wildman–Crippen MR) is 111 cm³/mol. The van der Waals surface area contributed by atoms with E-state index in [1.807, 2.05) is 24.3 Å². The molecule has 2 saturated heterocycles. The van der Waals surface area contributed by atoms with Crippen molar-refractivity contribution in [3.8, 4) is 28.3 Å². The maximum Gasteiger partial charge on any atom is 0.191 e. The maximum absolute atomic E-state index is 10.5. The predicted octanol–water partition coefficient (Wildman–Crippen LogP) is 3.76. The lowest BCUT2D eigenvalue weighted by atomic mass is 9.92. The summed E-state index contributed by atoms with van der Waals surface area (Å²) in [4.78, 5) is 4.09. The summed E-state index contributed by atoms with van der Waals surface area (Å²) in [5, 5.41) is 26.2. The topological polar surface area (TPSA) is 96.1 Å². The highest BCUT2D eigenvalue weighted by atomic mass is 16.4. The van der Waals surface area contributed by atoms with E-state index in [-0.39, 0.29) is 5.75 Å². The molecule has 150 valence electrons. The average Bonchev–Trinajstić information content (AvgIpc) is 3.31. The molecule has 0 aliphatic carbocycles. The summed E-state index contributed by atoms with van der Waals surface area (Å²) in [7, 11) is 0. The molecule has 7 heteroatoms. The SMILES string of the molecule is Cc1ncc(-c2ccc(-c3ccc(NCC4CC5CCC(C4)N5)nn3)c(O)c2)o1. The van der Waals surface area contributed by atoms with Crippen molar-refractivity contribution >= 4 is 5.82 Å². The van der Waals surface area contributed by atoms with Crippen LogP contribution in [0.15, 0.2) is 40.9 Å². The van der Waals surface area contributed by atoms with E-state index in [4.69, 9.17) is 4.42 Å². The first-order valence-electron chi connectivity index (χ1n) is 10.2. The van der Waals surface area contributed by atoms with E-state index in [9.17, 15) is 5.11 Å². The highest BCUT2D eigenvalue weighted by molar-refractivity contribution is 5.72. The molecule has 2 aromatic heterocycles. The molecule has 2 aliphatic heterocycles. The normalized spacial score (nSPS) is 23.3. The minimum Gasteiger partial charge on any atom is -0.507 e. The Labute approximate surface area is 169 Å². The van der Waals surface area contributed by atoms with Gasteiger partial charge < -0.3 is 20.2 Å². The second-order valence-corrected chi connectivity index (χ2v) is 8.14. The Bertz CT molecular complexity index is 989. The van der Waals surface area contributed by atoms with Crippen LogP contribution < -0.4 is 10.6 Å². The molecular weight excluding hydrogens is 366 g/mol. The number of phenolic OH excluding ortho intramolecular Hbond substituents is 1. The van der Waals surface area contributed by atoms with Crippen molar-refractivity contribution in [1.29, 1.82) is 0 Å². The first-order valence-corrected chi connectivity index (χ1v) is 10.2. The van der Waals surface area contributed by atoms with E-state index in [1.54, 1.807) is 19.2 Å². The summed E-state index contributed by atoms with van der Waals surface area (Å²) < 4.78 is 5.52. The zero-order valence-electron chi connectivity index (χ0n) is 16.4. The molecule has 29 heavy (non-hydrogen) atoms. The summed E-state index contributed by atoms with van der Waals surface area (Å²) in [5.74, 6) is 2.81. The number of hydrogen-bond donors (Lipinski definition) is 3. The highest BCUT2D eigenvalue weighted by Crippen LogP contribution is 2.33. The van der Waals surface area contributed by atoms with Crippen molar-refractivity contribution in [3.05, 3.63) is 42.4 Å². The smallest absolute Gasteiger partial charge is 0.191 e. The van der Waals surface area contributed by atoms with Gasteiger partial charge in [0, 0.05) is 36.7 Å². The van der Waals surface area contributed by atoms with Crippen molar-refractivity contribution in [2.24, 2.45) is 5.92 Å². The van der Waals surface area contributed by atoms with E-state index in [0.29, 0.717) is 40.9 Å². The molecule has 7 nitrogen and oxygen atoms in total. The molecule has 3 N–H and O–H groups in total. The van der Waals surface area contributed by atoms with E-state index >= 15 is 0 Å². The number of rotatable bonds is 5. The maximum atomic E-state index is 10.5. The van der Waals surface area contributed by atoms with Crippen molar-refractivity contribution < 1.29 is 9.52 Å². The highest BCUT2D eigenvalue weighted by Gasteiger charge is 2.33. The molecule has 3 aromatic rings. The van der Waals surface area contributed by atoms with Crippen LogP contribution in [-0.4, -0.2) is 38.9 Å². The van der Waals surface area contributed by atoms with E-state index in [1.165, 1.54) is 25.7 Å². The Kier molecular flexibility index (Phi) is 4.67. The molecule has 2 bridgehead atoms. The molecule has 0 saturated carbocycles. The summed E-state index contributed by atoms with van der Waals surface area (Å²) in [5.41, 5.74) is 2.04. The molecular formula is C22H25N5O2. The number of phenols is 1. The van der Waals surface area contributed by atoms with Crippen LogP contribution in [0.3, 0.4) is 0 Å². The molecule has 4 heterocycles. The van der Waals surface area contributed by atoms with Gasteiger partial charge in [-0.25, -0.2) is 4.98 Å². The Morgan fingerprint density at radius 2 is 1.97 bits per heavy atom. The van der Waals surface area contributed by atoms with Crippen molar-refractivity contribution in [2.45, 2.75) is 44.7 Å². The van der Waals surface area contributed by atoms with Gasteiger partial charge in [0.15, 0.2) is 11.7 Å². The van der Waals surface area contributed by atoms with Gasteiger partial charge in [-0.15, -0.1) is 10.2 Å². The van der Waals surface area contributed by atoms with Gasteiger partial charge >= 0.3 is 0 Å². The van der Waals surface area contributed by atoms with E-state index < -0.39 is 0 Å². The summed E-state index contributed by atoms with van der Waals surface area (Å²) in [6, 6.07) is 10.6. The number of nitrogens with one attached hydrogen (secondary N) is 2. The largest absolute Gasteiger partial charge is 0.507 e. The molecule has 0 radical (unpaired) electrons. The van der Waals surface area contributed by atoms with Gasteiger partial charge in [-0.1, -0.05) is 6.07 Å². The number of benzene rings is 1. The van der Waals surface area contributed by atoms with Crippen molar-refractivity contribution in [2.75, 3.05) is 11.9 Å². The van der Waals surface area contributed by atoms with Crippen LogP contribution in [-0.2, 0) is 0 Å². The zero-order valence-corrected chi connectivity index (χ0v) is 16.4. The van der Waals surface area contributed by atoms with E-state index in [0.717, 1.165) is 17.9 Å². The van der Waals surface area contributed by atoms with Gasteiger partial charge in [-0.05, 0) is 55.9 Å². The monoisotopic (exact) mass is 391 g/mol. The Morgan fingerprint density at radius 3 is 2.62 bits per heavy atom. The van der Waals surface area contributed by atoms with Crippen molar-refractivity contribution in [3.63, 3.8) is 0 Å². The number of anilines is 1. The first kappa shape index (κ1) is 18.1. The number of fused-ring (bicyclic) bond motifs is 2. The van der Waals surface area contributed by atoms with Crippen LogP contribution in [0, 0.1) is 12.8 Å². The lowest BCUT2D eigenvalue weighted by molar-refractivity contribution is 0.311.